The average Bonchev–Trinajstić information content (AvgIpc) is 2.97. The molecular weight excluding hydrogens is 350 g/mol. The van der Waals surface area contributed by atoms with Crippen molar-refractivity contribution in [3.05, 3.63) is 12.2 Å². The number of Topliss-reactive ketones (excluding diaryl/α,β-unsaturated/α-hetero) is 1. The van der Waals surface area contributed by atoms with E-state index >= 15 is 0 Å². The molecule has 4 fully saturated rings. The number of esters is 1. The average molecular weight is 388 g/mol. The van der Waals surface area contributed by atoms with E-state index in [1.165, 1.54) is 5.57 Å². The minimum absolute atomic E-state index is 0.0193. The molecule has 2 unspecified atom stereocenters. The summed E-state index contributed by atoms with van der Waals surface area (Å²) < 4.78 is 5.82. The van der Waals surface area contributed by atoms with Crippen LogP contribution in [0.15, 0.2) is 12.2 Å². The summed E-state index contributed by atoms with van der Waals surface area (Å²) in [5, 5.41) is 0. The highest BCUT2D eigenvalue weighted by molar-refractivity contribution is 5.87. The summed E-state index contributed by atoms with van der Waals surface area (Å²) in [5.41, 5.74) is 7.15. The summed E-state index contributed by atoms with van der Waals surface area (Å²) in [6.07, 6.45) is 8.05. The number of nitrogens with two attached hydrogens (primary N) is 1. The van der Waals surface area contributed by atoms with E-state index in [9.17, 15) is 9.59 Å². The van der Waals surface area contributed by atoms with Crippen LogP contribution < -0.4 is 5.73 Å². The van der Waals surface area contributed by atoms with Crippen LogP contribution in [0.3, 0.4) is 0 Å². The fourth-order valence-electron chi connectivity index (χ4n) is 7.34. The molecule has 0 aliphatic heterocycles. The van der Waals surface area contributed by atoms with Crippen molar-refractivity contribution in [3.63, 3.8) is 0 Å². The Morgan fingerprint density at radius 1 is 1.25 bits per heavy atom. The van der Waals surface area contributed by atoms with Gasteiger partial charge in [0.05, 0.1) is 5.92 Å². The standard InChI is InChI=1S/C24H37NO3/c1-14-11-16-12-17(28-22(27)15(2)13-25)7-9-23(16,3)19-8-10-24(4)18(21(14)19)5-6-20(24)26/h15-19,21H,1,5-13,25H2,2-4H3/t15?,16-,17?,18-,19-,21-,23-,24-/m0/s1. The number of fused-ring (bicyclic) bond motifs is 5. The number of rotatable bonds is 3. The van der Waals surface area contributed by atoms with Crippen molar-refractivity contribution >= 4 is 11.8 Å². The zero-order chi connectivity index (χ0) is 20.3. The van der Waals surface area contributed by atoms with Crippen LogP contribution in [0.25, 0.3) is 0 Å². The molecule has 4 nitrogen and oxygen atoms in total. The molecule has 4 aliphatic rings. The monoisotopic (exact) mass is 387 g/mol. The van der Waals surface area contributed by atoms with Gasteiger partial charge in [0.15, 0.2) is 0 Å². The second-order valence-electron chi connectivity index (χ2n) is 10.7. The van der Waals surface area contributed by atoms with E-state index in [4.69, 9.17) is 10.5 Å². The fourth-order valence-corrected chi connectivity index (χ4v) is 7.34. The van der Waals surface area contributed by atoms with Crippen molar-refractivity contribution in [2.75, 3.05) is 6.54 Å². The highest BCUT2D eigenvalue weighted by Gasteiger charge is 2.61. The lowest BCUT2D eigenvalue weighted by Gasteiger charge is -2.60. The van der Waals surface area contributed by atoms with Crippen molar-refractivity contribution < 1.29 is 14.3 Å². The van der Waals surface area contributed by atoms with Crippen LogP contribution in [-0.2, 0) is 14.3 Å². The molecule has 4 aliphatic carbocycles. The molecule has 0 amide bonds. The van der Waals surface area contributed by atoms with Gasteiger partial charge in [-0.25, -0.2) is 0 Å². The Bertz CT molecular complexity index is 687. The summed E-state index contributed by atoms with van der Waals surface area (Å²) >= 11 is 0. The van der Waals surface area contributed by atoms with Gasteiger partial charge in [0.1, 0.15) is 11.9 Å². The van der Waals surface area contributed by atoms with Crippen LogP contribution in [-0.4, -0.2) is 24.4 Å². The lowest BCUT2D eigenvalue weighted by Crippen LogP contribution is -2.55. The normalized spacial score (nSPS) is 46.4. The summed E-state index contributed by atoms with van der Waals surface area (Å²) in [6, 6.07) is 0. The van der Waals surface area contributed by atoms with Crippen LogP contribution in [0.1, 0.15) is 72.1 Å². The van der Waals surface area contributed by atoms with E-state index in [0.717, 1.165) is 51.4 Å². The van der Waals surface area contributed by atoms with E-state index < -0.39 is 0 Å². The Hall–Kier alpha value is -1.16. The largest absolute Gasteiger partial charge is 0.462 e. The van der Waals surface area contributed by atoms with Crippen molar-refractivity contribution in [1.82, 2.24) is 0 Å². The molecule has 0 aromatic heterocycles. The third-order valence-corrected chi connectivity index (χ3v) is 9.33. The lowest BCUT2D eigenvalue weighted by atomic mass is 9.44. The first-order chi connectivity index (χ1) is 13.2. The molecule has 0 bridgehead atoms. The SMILES string of the molecule is C=C1C[C@H]2CC(OC(=O)C(C)CN)CC[C@]2(C)[C@H]2CC[C@]3(C)C(=O)CC[C@H]3[C@H]12. The molecular formula is C24H37NO3. The van der Waals surface area contributed by atoms with Crippen molar-refractivity contribution in [2.24, 2.45) is 46.2 Å². The van der Waals surface area contributed by atoms with Gasteiger partial charge in [0.2, 0.25) is 0 Å². The third-order valence-electron chi connectivity index (χ3n) is 9.33. The number of hydrogen-bond donors (Lipinski definition) is 1. The second kappa shape index (κ2) is 6.97. The summed E-state index contributed by atoms with van der Waals surface area (Å²) in [5.74, 6) is 2.26. The van der Waals surface area contributed by atoms with Gasteiger partial charge in [0, 0.05) is 18.4 Å². The van der Waals surface area contributed by atoms with Gasteiger partial charge in [-0.15, -0.1) is 0 Å². The number of ketones is 1. The lowest BCUT2D eigenvalue weighted by molar-refractivity contribution is -0.162. The maximum Gasteiger partial charge on any atom is 0.310 e. The quantitative estimate of drug-likeness (QED) is 0.580. The zero-order valence-corrected chi connectivity index (χ0v) is 17.8. The van der Waals surface area contributed by atoms with Gasteiger partial charge in [-0.3, -0.25) is 9.59 Å². The predicted molar refractivity (Wildman–Crippen MR) is 109 cm³/mol. The molecule has 0 saturated heterocycles. The Morgan fingerprint density at radius 3 is 2.71 bits per heavy atom. The first kappa shape index (κ1) is 20.1. The number of carbonyl (C=O) groups is 2. The number of hydrogen-bond acceptors (Lipinski definition) is 4. The smallest absolute Gasteiger partial charge is 0.310 e. The highest BCUT2D eigenvalue weighted by atomic mass is 16.5. The first-order valence-electron chi connectivity index (χ1n) is 11.3. The molecule has 4 heteroatoms. The summed E-state index contributed by atoms with van der Waals surface area (Å²) in [7, 11) is 0. The Labute approximate surface area is 169 Å². The molecule has 0 spiro atoms. The van der Waals surface area contributed by atoms with Gasteiger partial charge in [-0.05, 0) is 74.0 Å². The molecule has 156 valence electrons. The Balaban J connectivity index is 1.52. The van der Waals surface area contributed by atoms with Gasteiger partial charge < -0.3 is 10.5 Å². The van der Waals surface area contributed by atoms with Gasteiger partial charge >= 0.3 is 5.97 Å². The highest BCUT2D eigenvalue weighted by Crippen LogP contribution is 2.66. The second-order valence-corrected chi connectivity index (χ2v) is 10.7. The Kier molecular flexibility index (Phi) is 5.01. The van der Waals surface area contributed by atoms with Crippen LogP contribution in [0.2, 0.25) is 0 Å². The number of allylic oxidation sites excluding steroid dienone is 1. The number of carbonyl (C=O) groups excluding carboxylic acids is 2. The number of ether oxygens (including phenoxy) is 1. The predicted octanol–water partition coefficient (Wildman–Crippen LogP) is 4.27. The third kappa shape index (κ3) is 2.89. The van der Waals surface area contributed by atoms with Gasteiger partial charge in [-0.1, -0.05) is 32.9 Å². The zero-order valence-electron chi connectivity index (χ0n) is 17.8. The van der Waals surface area contributed by atoms with Crippen molar-refractivity contribution in [3.8, 4) is 0 Å². The molecule has 0 aromatic carbocycles. The van der Waals surface area contributed by atoms with Crippen LogP contribution >= 0.6 is 0 Å². The van der Waals surface area contributed by atoms with E-state index in [1.807, 2.05) is 6.92 Å². The molecule has 2 N–H and O–H groups in total. The topological polar surface area (TPSA) is 69.4 Å². The molecule has 4 saturated carbocycles. The van der Waals surface area contributed by atoms with Gasteiger partial charge in [-0.2, -0.15) is 0 Å². The molecule has 0 heterocycles. The van der Waals surface area contributed by atoms with E-state index in [1.54, 1.807) is 0 Å². The minimum atomic E-state index is -0.227. The summed E-state index contributed by atoms with van der Waals surface area (Å²) in [4.78, 5) is 24.8. The molecule has 0 aromatic rings. The molecule has 0 radical (unpaired) electrons. The van der Waals surface area contributed by atoms with Crippen LogP contribution in [0.4, 0.5) is 0 Å². The van der Waals surface area contributed by atoms with Crippen LogP contribution in [0.5, 0.6) is 0 Å². The maximum absolute atomic E-state index is 12.6. The summed E-state index contributed by atoms with van der Waals surface area (Å²) in [6.45, 7) is 11.4. The van der Waals surface area contributed by atoms with E-state index in [0.29, 0.717) is 36.0 Å². The van der Waals surface area contributed by atoms with E-state index in [2.05, 4.69) is 20.4 Å². The van der Waals surface area contributed by atoms with Crippen molar-refractivity contribution in [2.45, 2.75) is 78.2 Å². The fraction of sp³-hybridized carbons (Fsp3) is 0.833. The molecule has 8 atom stereocenters. The molecule has 4 rings (SSSR count). The van der Waals surface area contributed by atoms with Crippen molar-refractivity contribution in [1.29, 1.82) is 0 Å². The van der Waals surface area contributed by atoms with E-state index in [-0.39, 0.29) is 28.8 Å². The first-order valence-corrected chi connectivity index (χ1v) is 11.3. The molecule has 28 heavy (non-hydrogen) atoms. The maximum atomic E-state index is 12.6. The van der Waals surface area contributed by atoms with Gasteiger partial charge in [0.25, 0.3) is 0 Å². The minimum Gasteiger partial charge on any atom is -0.462 e. The Morgan fingerprint density at radius 2 is 2.00 bits per heavy atom. The van der Waals surface area contributed by atoms with Crippen LogP contribution in [0, 0.1) is 40.4 Å².